The molecule has 70 valence electrons. The monoisotopic (exact) mass is 175 g/mol. The quantitative estimate of drug-likeness (QED) is 0.743. The van der Waals surface area contributed by atoms with Crippen molar-refractivity contribution in [3.8, 4) is 0 Å². The van der Waals surface area contributed by atoms with E-state index in [1.54, 1.807) is 0 Å². The van der Waals surface area contributed by atoms with Crippen LogP contribution in [0.3, 0.4) is 0 Å². The number of hydrogen-bond donors (Lipinski definition) is 1. The molecule has 1 N–H and O–H groups in total. The fourth-order valence-corrected chi connectivity index (χ4v) is 1.84. The van der Waals surface area contributed by atoms with Crippen LogP contribution in [0, 0.1) is 6.92 Å². The first-order valence-electron chi connectivity index (χ1n) is 4.99. The predicted octanol–water partition coefficient (Wildman–Crippen LogP) is 2.29. The zero-order valence-corrected chi connectivity index (χ0v) is 8.43. The largest absolute Gasteiger partial charge is 0.314 e. The van der Waals surface area contributed by atoms with E-state index in [0.29, 0.717) is 5.54 Å². The molecule has 1 nitrogen and oxygen atoms in total. The van der Waals surface area contributed by atoms with Gasteiger partial charge in [-0.15, -0.1) is 0 Å². The van der Waals surface area contributed by atoms with Gasteiger partial charge in [0.2, 0.25) is 0 Å². The zero-order chi connectivity index (χ0) is 9.31. The molecular weight excluding hydrogens is 158 g/mol. The van der Waals surface area contributed by atoms with E-state index in [0.717, 1.165) is 0 Å². The van der Waals surface area contributed by atoms with E-state index in [9.17, 15) is 0 Å². The minimum atomic E-state index is 0.437. The van der Waals surface area contributed by atoms with Crippen molar-refractivity contribution in [2.75, 3.05) is 7.05 Å². The lowest BCUT2D eigenvalue weighted by Gasteiger charge is -2.15. The van der Waals surface area contributed by atoms with Crippen molar-refractivity contribution in [3.05, 3.63) is 35.4 Å². The molecule has 0 spiro atoms. The average molecular weight is 175 g/mol. The minimum Gasteiger partial charge on any atom is -0.314 e. The lowest BCUT2D eigenvalue weighted by Crippen LogP contribution is -2.29. The average Bonchev–Trinajstić information content (AvgIpc) is 2.90. The summed E-state index contributed by atoms with van der Waals surface area (Å²) in [5, 5.41) is 3.43. The van der Waals surface area contributed by atoms with Crippen LogP contribution in [0.15, 0.2) is 24.3 Å². The molecule has 0 radical (unpaired) electrons. The first-order chi connectivity index (χ1) is 6.26. The first-order valence-corrected chi connectivity index (χ1v) is 4.99. The topological polar surface area (TPSA) is 12.0 Å². The van der Waals surface area contributed by atoms with Gasteiger partial charge in [0.05, 0.1) is 0 Å². The van der Waals surface area contributed by atoms with Crippen LogP contribution < -0.4 is 5.32 Å². The summed E-state index contributed by atoms with van der Waals surface area (Å²) in [6, 6.07) is 8.68. The van der Waals surface area contributed by atoms with Crippen molar-refractivity contribution >= 4 is 0 Å². The molecule has 1 fully saturated rings. The highest BCUT2D eigenvalue weighted by Crippen LogP contribution is 2.38. The van der Waals surface area contributed by atoms with Crippen LogP contribution in [0.25, 0.3) is 0 Å². The normalized spacial score (nSPS) is 18.6. The third-order valence-corrected chi connectivity index (χ3v) is 3.17. The van der Waals surface area contributed by atoms with E-state index < -0.39 is 0 Å². The molecule has 0 aromatic heterocycles. The molecule has 2 rings (SSSR count). The highest BCUT2D eigenvalue weighted by molar-refractivity contribution is 5.29. The molecule has 0 saturated heterocycles. The van der Waals surface area contributed by atoms with Crippen LogP contribution in [0.2, 0.25) is 0 Å². The molecule has 0 aliphatic heterocycles. The van der Waals surface area contributed by atoms with Gasteiger partial charge >= 0.3 is 0 Å². The Labute approximate surface area is 80.2 Å². The summed E-state index contributed by atoms with van der Waals surface area (Å²) in [5.41, 5.74) is 3.35. The molecule has 0 amide bonds. The number of likely N-dealkylation sites (N-methyl/N-ethyl adjacent to an activating group) is 1. The number of aryl methyl sites for hydroxylation is 1. The summed E-state index contributed by atoms with van der Waals surface area (Å²) in [4.78, 5) is 0. The van der Waals surface area contributed by atoms with Gasteiger partial charge in [0.1, 0.15) is 0 Å². The van der Waals surface area contributed by atoms with Gasteiger partial charge in [-0.05, 0) is 44.4 Å². The predicted molar refractivity (Wildman–Crippen MR) is 55.9 cm³/mol. The first kappa shape index (κ1) is 8.76. The molecule has 1 aliphatic carbocycles. The lowest BCUT2D eigenvalue weighted by molar-refractivity contribution is 0.547. The highest BCUT2D eigenvalue weighted by atomic mass is 15.0. The van der Waals surface area contributed by atoms with Crippen LogP contribution in [0.5, 0.6) is 0 Å². The van der Waals surface area contributed by atoms with Gasteiger partial charge in [0, 0.05) is 5.54 Å². The van der Waals surface area contributed by atoms with Gasteiger partial charge in [-0.25, -0.2) is 0 Å². The highest BCUT2D eigenvalue weighted by Gasteiger charge is 2.40. The van der Waals surface area contributed by atoms with Gasteiger partial charge in [-0.2, -0.15) is 0 Å². The summed E-state index contributed by atoms with van der Waals surface area (Å²) < 4.78 is 0. The van der Waals surface area contributed by atoms with Crippen LogP contribution in [-0.4, -0.2) is 12.6 Å². The van der Waals surface area contributed by atoms with Crippen LogP contribution in [0.4, 0.5) is 0 Å². The molecule has 0 heterocycles. The number of hydrogen-bond acceptors (Lipinski definition) is 1. The molecule has 0 atom stereocenters. The Balaban J connectivity index is 2.14. The maximum atomic E-state index is 3.43. The standard InChI is InChI=1S/C12H17N/c1-10-5-3-4-6-11(10)9-12(13-2)7-8-12/h3-6,13H,7-9H2,1-2H3. The maximum absolute atomic E-state index is 3.43. The molecule has 1 aromatic carbocycles. The summed E-state index contributed by atoms with van der Waals surface area (Å²) in [7, 11) is 2.07. The molecule has 0 unspecified atom stereocenters. The van der Waals surface area contributed by atoms with Gasteiger partial charge < -0.3 is 5.32 Å². The van der Waals surface area contributed by atoms with Crippen LogP contribution >= 0.6 is 0 Å². The summed E-state index contributed by atoms with van der Waals surface area (Å²) >= 11 is 0. The molecule has 1 aliphatic rings. The second kappa shape index (κ2) is 3.15. The number of rotatable bonds is 3. The Hall–Kier alpha value is -0.820. The Kier molecular flexibility index (Phi) is 2.12. The summed E-state index contributed by atoms with van der Waals surface area (Å²) in [5.74, 6) is 0. The summed E-state index contributed by atoms with van der Waals surface area (Å²) in [6.45, 7) is 2.20. The van der Waals surface area contributed by atoms with E-state index in [1.165, 1.54) is 30.4 Å². The van der Waals surface area contributed by atoms with Crippen molar-refractivity contribution < 1.29 is 0 Å². The van der Waals surface area contributed by atoms with Gasteiger partial charge in [0.15, 0.2) is 0 Å². The smallest absolute Gasteiger partial charge is 0.0220 e. The zero-order valence-electron chi connectivity index (χ0n) is 8.43. The second-order valence-corrected chi connectivity index (χ2v) is 4.13. The van der Waals surface area contributed by atoms with Gasteiger partial charge in [-0.3, -0.25) is 0 Å². The Morgan fingerprint density at radius 1 is 1.31 bits per heavy atom. The number of nitrogens with one attached hydrogen (secondary N) is 1. The molecule has 1 saturated carbocycles. The number of benzene rings is 1. The van der Waals surface area contributed by atoms with Gasteiger partial charge in [0.25, 0.3) is 0 Å². The van der Waals surface area contributed by atoms with Crippen LogP contribution in [-0.2, 0) is 6.42 Å². The SMILES string of the molecule is CNC1(Cc2ccccc2C)CC1. The van der Waals surface area contributed by atoms with E-state index in [2.05, 4.69) is 43.6 Å². The second-order valence-electron chi connectivity index (χ2n) is 4.13. The maximum Gasteiger partial charge on any atom is 0.0220 e. The molecule has 0 bridgehead atoms. The molecule has 1 heteroatoms. The Morgan fingerprint density at radius 3 is 2.54 bits per heavy atom. The van der Waals surface area contributed by atoms with Gasteiger partial charge in [-0.1, -0.05) is 24.3 Å². The van der Waals surface area contributed by atoms with Crippen molar-refractivity contribution in [2.24, 2.45) is 0 Å². The third-order valence-electron chi connectivity index (χ3n) is 3.17. The fraction of sp³-hybridized carbons (Fsp3) is 0.500. The van der Waals surface area contributed by atoms with E-state index in [1.807, 2.05) is 0 Å². The van der Waals surface area contributed by atoms with Crippen LogP contribution in [0.1, 0.15) is 24.0 Å². The van der Waals surface area contributed by atoms with E-state index in [4.69, 9.17) is 0 Å². The van der Waals surface area contributed by atoms with Crippen molar-refractivity contribution in [1.29, 1.82) is 0 Å². The molecular formula is C12H17N. The molecule has 1 aromatic rings. The van der Waals surface area contributed by atoms with E-state index in [-0.39, 0.29) is 0 Å². The van der Waals surface area contributed by atoms with E-state index >= 15 is 0 Å². The minimum absolute atomic E-state index is 0.437. The van der Waals surface area contributed by atoms with Crippen molar-refractivity contribution in [3.63, 3.8) is 0 Å². The Bertz CT molecular complexity index is 300. The Morgan fingerprint density at radius 2 is 2.00 bits per heavy atom. The lowest BCUT2D eigenvalue weighted by atomic mass is 10.00. The summed E-state index contributed by atoms with van der Waals surface area (Å²) in [6.07, 6.45) is 3.85. The fourth-order valence-electron chi connectivity index (χ4n) is 1.84. The molecule has 13 heavy (non-hydrogen) atoms. The van der Waals surface area contributed by atoms with Crippen molar-refractivity contribution in [1.82, 2.24) is 5.32 Å². The van der Waals surface area contributed by atoms with Crippen molar-refractivity contribution in [2.45, 2.75) is 31.7 Å². The third kappa shape index (κ3) is 1.75.